The molecule has 4 nitrogen and oxygen atoms in total. The fraction of sp³-hybridized carbons (Fsp3) is 0.222. The smallest absolute Gasteiger partial charge is 0.346 e. The third-order valence-corrected chi connectivity index (χ3v) is 1.91. The van der Waals surface area contributed by atoms with Crippen molar-refractivity contribution in [3.05, 3.63) is 24.3 Å². The number of carboxylic acid groups (broad SMARTS) is 1. The molecule has 1 aliphatic rings. The van der Waals surface area contributed by atoms with Crippen molar-refractivity contribution in [2.45, 2.75) is 6.10 Å². The van der Waals surface area contributed by atoms with E-state index in [1.807, 2.05) is 18.2 Å². The van der Waals surface area contributed by atoms with E-state index in [2.05, 4.69) is 5.32 Å². The van der Waals surface area contributed by atoms with E-state index in [1.165, 1.54) is 0 Å². The molecular weight excluding hydrogens is 206 g/mol. The summed E-state index contributed by atoms with van der Waals surface area (Å²) in [7, 11) is 0. The third-order valence-electron chi connectivity index (χ3n) is 1.91. The molecule has 0 saturated carbocycles. The van der Waals surface area contributed by atoms with E-state index in [0.29, 0.717) is 12.3 Å². The zero-order valence-corrected chi connectivity index (χ0v) is 8.08. The van der Waals surface area contributed by atoms with Crippen molar-refractivity contribution in [2.24, 2.45) is 0 Å². The Labute approximate surface area is 87.3 Å². The maximum Gasteiger partial charge on any atom is 0.346 e. The van der Waals surface area contributed by atoms with Crippen molar-refractivity contribution in [2.75, 3.05) is 11.9 Å². The molecule has 14 heavy (non-hydrogen) atoms. The van der Waals surface area contributed by atoms with E-state index in [4.69, 9.17) is 9.84 Å². The summed E-state index contributed by atoms with van der Waals surface area (Å²) in [6.45, 7) is 0.312. The number of aliphatic carboxylic acids is 1. The molecule has 0 fully saturated rings. The number of benzene rings is 1. The van der Waals surface area contributed by atoms with Gasteiger partial charge in [0.25, 0.3) is 0 Å². The zero-order chi connectivity index (χ0) is 9.26. The first-order chi connectivity index (χ1) is 6.27. The van der Waals surface area contributed by atoms with Crippen LogP contribution in [0.3, 0.4) is 0 Å². The molecule has 0 spiro atoms. The van der Waals surface area contributed by atoms with E-state index < -0.39 is 12.1 Å². The summed E-state index contributed by atoms with van der Waals surface area (Å²) in [5.41, 5.74) is 0.847. The van der Waals surface area contributed by atoms with Gasteiger partial charge in [0.15, 0.2) is 0 Å². The minimum atomic E-state index is -0.943. The lowest BCUT2D eigenvalue weighted by Gasteiger charge is -2.24. The van der Waals surface area contributed by atoms with Crippen LogP contribution in [0.25, 0.3) is 0 Å². The average Bonchev–Trinajstić information content (AvgIpc) is 2.17. The molecule has 1 aromatic carbocycles. The van der Waals surface area contributed by atoms with Crippen LogP contribution in [0.15, 0.2) is 24.3 Å². The number of halogens is 1. The van der Waals surface area contributed by atoms with Crippen molar-refractivity contribution in [1.29, 1.82) is 0 Å². The molecular formula is C9H10ClNO3. The Balaban J connectivity index is 0.000000980. The van der Waals surface area contributed by atoms with Crippen LogP contribution in [0, 0.1) is 0 Å². The van der Waals surface area contributed by atoms with Gasteiger partial charge in [-0.2, -0.15) is 0 Å². The van der Waals surface area contributed by atoms with Gasteiger partial charge >= 0.3 is 5.97 Å². The van der Waals surface area contributed by atoms with Gasteiger partial charge < -0.3 is 15.2 Å². The van der Waals surface area contributed by atoms with Crippen LogP contribution in [0.4, 0.5) is 5.69 Å². The summed E-state index contributed by atoms with van der Waals surface area (Å²) in [4.78, 5) is 10.6. The van der Waals surface area contributed by atoms with Gasteiger partial charge in [0.2, 0.25) is 6.10 Å². The van der Waals surface area contributed by atoms with Crippen LogP contribution < -0.4 is 10.1 Å². The first-order valence-corrected chi connectivity index (χ1v) is 4.00. The molecule has 5 heteroatoms. The molecule has 1 atom stereocenters. The van der Waals surface area contributed by atoms with Crippen molar-refractivity contribution < 1.29 is 14.6 Å². The number of ether oxygens (including phenoxy) is 1. The number of fused-ring (bicyclic) bond motifs is 1. The van der Waals surface area contributed by atoms with Crippen LogP contribution in [0.5, 0.6) is 5.75 Å². The van der Waals surface area contributed by atoms with Gasteiger partial charge in [-0.15, -0.1) is 12.4 Å². The van der Waals surface area contributed by atoms with E-state index in [-0.39, 0.29) is 12.4 Å². The van der Waals surface area contributed by atoms with Gasteiger partial charge in [-0.25, -0.2) is 4.79 Å². The van der Waals surface area contributed by atoms with E-state index in [0.717, 1.165) is 5.69 Å². The lowest BCUT2D eigenvalue weighted by atomic mass is 10.2. The SMILES string of the molecule is Cl.O=C(O)C1CNc2ccccc2O1. The first-order valence-electron chi connectivity index (χ1n) is 4.00. The number of nitrogens with one attached hydrogen (secondary N) is 1. The lowest BCUT2D eigenvalue weighted by Crippen LogP contribution is -2.37. The molecule has 0 aromatic heterocycles. The molecule has 1 heterocycles. The fourth-order valence-electron chi connectivity index (χ4n) is 1.25. The number of para-hydroxylation sites is 2. The Kier molecular flexibility index (Phi) is 3.19. The fourth-order valence-corrected chi connectivity index (χ4v) is 1.25. The largest absolute Gasteiger partial charge is 0.478 e. The van der Waals surface area contributed by atoms with Crippen LogP contribution >= 0.6 is 12.4 Å². The normalized spacial score (nSPS) is 18.1. The number of carboxylic acids is 1. The standard InChI is InChI=1S/C9H9NO3.ClH/c11-9(12)8-5-10-6-3-1-2-4-7(6)13-8;/h1-4,8,10H,5H2,(H,11,12);1H. The molecule has 2 N–H and O–H groups in total. The molecule has 76 valence electrons. The van der Waals surface area contributed by atoms with E-state index in [1.54, 1.807) is 6.07 Å². The Hall–Kier alpha value is -1.42. The topological polar surface area (TPSA) is 58.6 Å². The Bertz CT molecular complexity index is 343. The Morgan fingerprint density at radius 1 is 1.50 bits per heavy atom. The second-order valence-corrected chi connectivity index (χ2v) is 2.82. The van der Waals surface area contributed by atoms with Gasteiger partial charge in [-0.3, -0.25) is 0 Å². The highest BCUT2D eigenvalue weighted by Crippen LogP contribution is 2.27. The van der Waals surface area contributed by atoms with Crippen molar-refractivity contribution >= 4 is 24.1 Å². The summed E-state index contributed by atoms with van der Waals surface area (Å²) < 4.78 is 5.23. The first kappa shape index (κ1) is 10.7. The second kappa shape index (κ2) is 4.19. The zero-order valence-electron chi connectivity index (χ0n) is 7.27. The quantitative estimate of drug-likeness (QED) is 0.743. The molecule has 0 bridgehead atoms. The molecule has 0 amide bonds. The Morgan fingerprint density at radius 3 is 2.93 bits per heavy atom. The summed E-state index contributed by atoms with van der Waals surface area (Å²) in [6.07, 6.45) is -0.783. The highest BCUT2D eigenvalue weighted by Gasteiger charge is 2.24. The highest BCUT2D eigenvalue weighted by molar-refractivity contribution is 5.85. The molecule has 1 aromatic rings. The second-order valence-electron chi connectivity index (χ2n) is 2.82. The molecule has 0 radical (unpaired) electrons. The van der Waals surface area contributed by atoms with E-state index in [9.17, 15) is 4.79 Å². The number of rotatable bonds is 1. The van der Waals surface area contributed by atoms with Gasteiger partial charge in [-0.1, -0.05) is 12.1 Å². The summed E-state index contributed by atoms with van der Waals surface area (Å²) >= 11 is 0. The number of hydrogen-bond acceptors (Lipinski definition) is 3. The monoisotopic (exact) mass is 215 g/mol. The molecule has 0 aliphatic carbocycles. The van der Waals surface area contributed by atoms with Gasteiger partial charge in [-0.05, 0) is 12.1 Å². The maximum atomic E-state index is 10.6. The van der Waals surface area contributed by atoms with Gasteiger partial charge in [0, 0.05) is 0 Å². The van der Waals surface area contributed by atoms with Gasteiger partial charge in [0.1, 0.15) is 5.75 Å². The minimum absolute atomic E-state index is 0. The lowest BCUT2D eigenvalue weighted by molar-refractivity contribution is -0.144. The number of carbonyl (C=O) groups is 1. The van der Waals surface area contributed by atoms with Crippen molar-refractivity contribution in [3.63, 3.8) is 0 Å². The predicted octanol–water partition coefficient (Wildman–Crippen LogP) is 1.37. The van der Waals surface area contributed by atoms with Crippen LogP contribution in [-0.2, 0) is 4.79 Å². The minimum Gasteiger partial charge on any atom is -0.478 e. The summed E-state index contributed by atoms with van der Waals surface area (Å²) in [5.74, 6) is -0.344. The van der Waals surface area contributed by atoms with Crippen molar-refractivity contribution in [1.82, 2.24) is 0 Å². The number of hydrogen-bond donors (Lipinski definition) is 2. The maximum absolute atomic E-state index is 10.6. The van der Waals surface area contributed by atoms with Crippen LogP contribution in [-0.4, -0.2) is 23.7 Å². The molecule has 1 unspecified atom stereocenters. The molecule has 0 saturated heterocycles. The van der Waals surface area contributed by atoms with Gasteiger partial charge in [0.05, 0.1) is 12.2 Å². The highest BCUT2D eigenvalue weighted by atomic mass is 35.5. The number of anilines is 1. The summed E-state index contributed by atoms with van der Waals surface area (Å²) in [6, 6.07) is 7.28. The third kappa shape index (κ3) is 1.90. The van der Waals surface area contributed by atoms with Crippen LogP contribution in [0.2, 0.25) is 0 Å². The van der Waals surface area contributed by atoms with E-state index >= 15 is 0 Å². The van der Waals surface area contributed by atoms with Crippen molar-refractivity contribution in [3.8, 4) is 5.75 Å². The molecule has 2 rings (SSSR count). The molecule has 1 aliphatic heterocycles. The Morgan fingerprint density at radius 2 is 2.21 bits per heavy atom. The summed E-state index contributed by atoms with van der Waals surface area (Å²) in [5, 5.41) is 11.7. The predicted molar refractivity (Wildman–Crippen MR) is 54.2 cm³/mol. The van der Waals surface area contributed by atoms with Crippen LogP contribution in [0.1, 0.15) is 0 Å². The average molecular weight is 216 g/mol.